The maximum atomic E-state index is 5.24. The van der Waals surface area contributed by atoms with Crippen LogP contribution in [0.2, 0.25) is 0 Å². The van der Waals surface area contributed by atoms with E-state index in [2.05, 4.69) is 6.92 Å². The van der Waals surface area contributed by atoms with Gasteiger partial charge in [0.1, 0.15) is 5.75 Å². The molecule has 1 aromatic carbocycles. The van der Waals surface area contributed by atoms with E-state index in [0.717, 1.165) is 18.6 Å². The highest BCUT2D eigenvalue weighted by Gasteiger charge is 1.91. The molecule has 0 amide bonds. The van der Waals surface area contributed by atoms with Crippen molar-refractivity contribution in [1.82, 2.24) is 0 Å². The molecule has 0 atom stereocenters. The summed E-state index contributed by atoms with van der Waals surface area (Å²) >= 11 is 0. The normalized spacial score (nSPS) is 10.1. The van der Waals surface area contributed by atoms with Crippen molar-refractivity contribution >= 4 is 0 Å². The minimum absolute atomic E-state index is 0.133. The number of unbranched alkanes of at least 4 members (excludes halogenated alkanes) is 1. The highest BCUT2D eigenvalue weighted by Crippen LogP contribution is 2.07. The van der Waals surface area contributed by atoms with Crippen molar-refractivity contribution in [2.45, 2.75) is 19.8 Å². The molecule has 1 aromatic rings. The van der Waals surface area contributed by atoms with E-state index in [4.69, 9.17) is 14.5 Å². The van der Waals surface area contributed by atoms with Gasteiger partial charge in [0.15, 0.2) is 0 Å². The zero-order valence-electron chi connectivity index (χ0n) is 8.44. The summed E-state index contributed by atoms with van der Waals surface area (Å²) in [6.45, 7) is 2.85. The first-order valence-corrected chi connectivity index (χ1v) is 4.85. The molecule has 0 radical (unpaired) electrons. The summed E-state index contributed by atoms with van der Waals surface area (Å²) in [5, 5.41) is 0. The third kappa shape index (κ3) is 4.84. The van der Waals surface area contributed by atoms with Gasteiger partial charge in [-0.15, -0.1) is 0 Å². The van der Waals surface area contributed by atoms with Gasteiger partial charge in [-0.05, 0) is 18.6 Å². The van der Waals surface area contributed by atoms with Gasteiger partial charge < -0.3 is 4.74 Å². The second kappa shape index (κ2) is 7.35. The van der Waals surface area contributed by atoms with E-state index in [-0.39, 0.29) is 6.79 Å². The molecule has 0 spiro atoms. The van der Waals surface area contributed by atoms with Gasteiger partial charge in [-0.2, -0.15) is 4.89 Å². The summed E-state index contributed by atoms with van der Waals surface area (Å²) in [4.78, 5) is 9.69. The molecule has 0 bridgehead atoms. The summed E-state index contributed by atoms with van der Waals surface area (Å²) in [5.74, 6) is 0.784. The molecule has 0 saturated carbocycles. The van der Waals surface area contributed by atoms with Crippen LogP contribution < -0.4 is 4.74 Å². The van der Waals surface area contributed by atoms with E-state index in [0.29, 0.717) is 6.61 Å². The van der Waals surface area contributed by atoms with Crippen LogP contribution in [0.4, 0.5) is 0 Å². The first kappa shape index (κ1) is 11.0. The van der Waals surface area contributed by atoms with E-state index in [1.165, 1.54) is 0 Å². The number of hydrogen-bond donors (Lipinski definition) is 0. The molecule has 3 heteroatoms. The molecule has 0 unspecified atom stereocenters. The Labute approximate surface area is 84.5 Å². The van der Waals surface area contributed by atoms with Gasteiger partial charge in [-0.3, -0.25) is 0 Å². The van der Waals surface area contributed by atoms with Gasteiger partial charge in [-0.25, -0.2) is 4.89 Å². The quantitative estimate of drug-likeness (QED) is 0.290. The van der Waals surface area contributed by atoms with Crippen molar-refractivity contribution < 1.29 is 14.5 Å². The summed E-state index contributed by atoms with van der Waals surface area (Å²) < 4.78 is 5.24. The lowest BCUT2D eigenvalue weighted by atomic mass is 10.3. The Morgan fingerprint density at radius 2 is 1.86 bits per heavy atom. The molecule has 0 aliphatic rings. The van der Waals surface area contributed by atoms with Gasteiger partial charge in [0.25, 0.3) is 0 Å². The molecule has 0 N–H and O–H groups in total. The Bertz CT molecular complexity index is 223. The minimum atomic E-state index is 0.133. The van der Waals surface area contributed by atoms with Crippen molar-refractivity contribution in [2.24, 2.45) is 0 Å². The third-order valence-electron chi connectivity index (χ3n) is 1.68. The van der Waals surface area contributed by atoms with E-state index >= 15 is 0 Å². The standard InChI is InChI=1S/C11H16O3/c1-2-3-9-13-14-10-12-11-7-5-4-6-8-11/h4-8H,2-3,9-10H2,1H3. The zero-order valence-corrected chi connectivity index (χ0v) is 8.44. The average Bonchev–Trinajstić information content (AvgIpc) is 2.25. The fourth-order valence-electron chi connectivity index (χ4n) is 0.905. The van der Waals surface area contributed by atoms with Crippen LogP contribution in [0.15, 0.2) is 30.3 Å². The Kier molecular flexibility index (Phi) is 5.79. The van der Waals surface area contributed by atoms with Crippen LogP contribution in [0.25, 0.3) is 0 Å². The monoisotopic (exact) mass is 196 g/mol. The molecule has 0 heterocycles. The van der Waals surface area contributed by atoms with Crippen LogP contribution in [-0.2, 0) is 9.78 Å². The number of hydrogen-bond acceptors (Lipinski definition) is 3. The molecule has 14 heavy (non-hydrogen) atoms. The maximum Gasteiger partial charge on any atom is 0.221 e. The van der Waals surface area contributed by atoms with Crippen molar-refractivity contribution in [2.75, 3.05) is 13.4 Å². The van der Waals surface area contributed by atoms with E-state index in [1.807, 2.05) is 30.3 Å². The molecule has 1 rings (SSSR count). The summed E-state index contributed by atoms with van der Waals surface area (Å²) in [5.41, 5.74) is 0. The van der Waals surface area contributed by atoms with Crippen molar-refractivity contribution in [1.29, 1.82) is 0 Å². The van der Waals surface area contributed by atoms with Crippen LogP contribution in [0.3, 0.4) is 0 Å². The highest BCUT2D eigenvalue weighted by atomic mass is 17.2. The Hall–Kier alpha value is -1.06. The number of para-hydroxylation sites is 1. The largest absolute Gasteiger partial charge is 0.465 e. The average molecular weight is 196 g/mol. The van der Waals surface area contributed by atoms with Gasteiger partial charge >= 0.3 is 0 Å². The molecular weight excluding hydrogens is 180 g/mol. The fraction of sp³-hybridized carbons (Fsp3) is 0.455. The van der Waals surface area contributed by atoms with Gasteiger partial charge in [0.05, 0.1) is 6.61 Å². The van der Waals surface area contributed by atoms with Crippen molar-refractivity contribution in [3.05, 3.63) is 30.3 Å². The molecule has 0 saturated heterocycles. The van der Waals surface area contributed by atoms with E-state index in [1.54, 1.807) is 0 Å². The molecule has 0 aromatic heterocycles. The SMILES string of the molecule is CCCCOOCOc1ccccc1. The first-order valence-electron chi connectivity index (χ1n) is 4.85. The lowest BCUT2D eigenvalue weighted by molar-refractivity contribution is -0.323. The van der Waals surface area contributed by atoms with Crippen molar-refractivity contribution in [3.8, 4) is 5.75 Å². The first-order chi connectivity index (χ1) is 6.93. The second-order valence-corrected chi connectivity index (χ2v) is 2.87. The van der Waals surface area contributed by atoms with E-state index < -0.39 is 0 Å². The van der Waals surface area contributed by atoms with Crippen molar-refractivity contribution in [3.63, 3.8) is 0 Å². The molecule has 3 nitrogen and oxygen atoms in total. The summed E-state index contributed by atoms with van der Waals surface area (Å²) in [7, 11) is 0. The van der Waals surface area contributed by atoms with E-state index in [9.17, 15) is 0 Å². The third-order valence-corrected chi connectivity index (χ3v) is 1.68. The van der Waals surface area contributed by atoms with Gasteiger partial charge in [0, 0.05) is 0 Å². The minimum Gasteiger partial charge on any atom is -0.465 e. The predicted molar refractivity (Wildman–Crippen MR) is 53.9 cm³/mol. The lowest BCUT2D eigenvalue weighted by Gasteiger charge is -2.05. The molecular formula is C11H16O3. The maximum absolute atomic E-state index is 5.24. The molecule has 0 aliphatic carbocycles. The Morgan fingerprint density at radius 3 is 2.57 bits per heavy atom. The van der Waals surface area contributed by atoms with Gasteiger partial charge in [0.2, 0.25) is 6.79 Å². The molecule has 78 valence electrons. The predicted octanol–water partition coefficient (Wildman–Crippen LogP) is 2.77. The Balaban J connectivity index is 1.99. The fourth-order valence-corrected chi connectivity index (χ4v) is 0.905. The topological polar surface area (TPSA) is 27.7 Å². The van der Waals surface area contributed by atoms with Crippen LogP contribution >= 0.6 is 0 Å². The summed E-state index contributed by atoms with van der Waals surface area (Å²) in [6, 6.07) is 9.50. The van der Waals surface area contributed by atoms with Crippen LogP contribution in [0.5, 0.6) is 5.75 Å². The lowest BCUT2D eigenvalue weighted by Crippen LogP contribution is -2.04. The summed E-state index contributed by atoms with van der Waals surface area (Å²) in [6.07, 6.45) is 2.11. The Morgan fingerprint density at radius 1 is 1.07 bits per heavy atom. The van der Waals surface area contributed by atoms with Crippen LogP contribution in [0, 0.1) is 0 Å². The molecule has 0 fully saturated rings. The number of benzene rings is 1. The zero-order chi connectivity index (χ0) is 10.1. The number of ether oxygens (including phenoxy) is 1. The molecule has 0 aliphatic heterocycles. The smallest absolute Gasteiger partial charge is 0.221 e. The van der Waals surface area contributed by atoms with Gasteiger partial charge in [-0.1, -0.05) is 31.5 Å². The van der Waals surface area contributed by atoms with Crippen LogP contribution in [0.1, 0.15) is 19.8 Å². The second-order valence-electron chi connectivity index (χ2n) is 2.87. The van der Waals surface area contributed by atoms with Crippen LogP contribution in [-0.4, -0.2) is 13.4 Å². The number of rotatable bonds is 7. The highest BCUT2D eigenvalue weighted by molar-refractivity contribution is 5.20.